The van der Waals surface area contributed by atoms with Gasteiger partial charge in [-0.3, -0.25) is 29.1 Å². The van der Waals surface area contributed by atoms with Crippen LogP contribution in [0, 0.1) is 22.7 Å². The molecule has 26 nitrogen and oxygen atoms in total. The number of rotatable bonds is 14. The van der Waals surface area contributed by atoms with E-state index in [9.17, 15) is 39.8 Å². The summed E-state index contributed by atoms with van der Waals surface area (Å²) in [5.41, 5.74) is 21.4. The molecule has 0 aliphatic rings. The molecule has 0 atom stereocenters. The summed E-state index contributed by atoms with van der Waals surface area (Å²) in [6.07, 6.45) is 15.4. The summed E-state index contributed by atoms with van der Waals surface area (Å²) >= 11 is 3.20. The molecule has 7 N–H and O–H groups in total. The highest BCUT2D eigenvalue weighted by atomic mass is 79.9. The summed E-state index contributed by atoms with van der Waals surface area (Å²) in [7, 11) is 0. The fourth-order valence-corrected chi connectivity index (χ4v) is 13.0. The van der Waals surface area contributed by atoms with Crippen molar-refractivity contribution in [1.29, 1.82) is 10.5 Å². The maximum absolute atomic E-state index is 13.5. The first-order valence-corrected chi connectivity index (χ1v) is 36.7. The SMILES string of the molecule is Brc1ccccn1.CC(C)(C)c1ccc2c(=O)n(-c3cccc(-n4cc(C#N)c(Cc5ccccn5)n4)c3CO)ncc2c1.CC(C)(C)c1ccc2c(=O)n(-c3cccc(-n4cc(C#N)c(N)n4)c3CO)ncc2c1.CC(C)(C)c1ccc2c(=O)n(-c3cccc(-n4cc(C(N)=O)c(Cc5ccccn5)n4)c3CO)ncc2c1. The second kappa shape index (κ2) is 33.3. The van der Waals surface area contributed by atoms with E-state index in [1.807, 2.05) is 115 Å². The van der Waals surface area contributed by atoms with Crippen molar-refractivity contribution >= 4 is 60.0 Å². The number of benzene rings is 6. The molecule has 0 radical (unpaired) electrons. The Hall–Kier alpha value is -13.6. The number of fused-ring (bicyclic) bond motifs is 3. The molecule has 9 aromatic heterocycles. The van der Waals surface area contributed by atoms with Crippen molar-refractivity contribution in [1.82, 2.24) is 73.6 Å². The van der Waals surface area contributed by atoms with Gasteiger partial charge in [0.1, 0.15) is 22.3 Å². The number of primary amides is 1. The number of nitriles is 2. The number of aliphatic hydroxyl groups is 3. The molecule has 0 spiro atoms. The normalized spacial score (nSPS) is 11.4. The number of carbonyl (C=O) groups is 1. The lowest BCUT2D eigenvalue weighted by Crippen LogP contribution is -2.23. The van der Waals surface area contributed by atoms with Crippen LogP contribution in [0.25, 0.3) is 66.4 Å². The van der Waals surface area contributed by atoms with Gasteiger partial charge >= 0.3 is 0 Å². The molecule has 0 saturated heterocycles. The molecular weight excluding hydrogens is 1490 g/mol. The average molecular weight is 1570 g/mol. The minimum atomic E-state index is -0.620. The highest BCUT2D eigenvalue weighted by Crippen LogP contribution is 2.32. The Morgan fingerprint density at radius 3 is 1.12 bits per heavy atom. The standard InChI is InChI=1S/C29H28N6O3.C29H26N6O2.C23H22N6O2.C5H4BrN/c1-29(2,3)19-10-11-21-18(13-19)15-32-35(28(21)38)26-9-6-8-25(23(26)17-36)34-16-22(27(30)37)24(33-34)14-20-7-4-5-12-31-20;1-29(2,3)21-10-11-23-19(13-21)16-32-35(28(23)37)27-9-6-8-26(24(27)18-36)34-17-20(15-30)25(33-34)14-22-7-4-5-12-31-22;1-23(2,3)16-7-8-17-14(9-16)11-26-29(22(17)31)20-6-4-5-19(18(20)13-30)28-12-15(10-24)21(25)27-28;6-5-3-1-2-4-7-5/h4-13,15-16,36H,14,17H2,1-3H3,(H2,30,37);4-13,16-17,36H,14,18H2,1-3H3;4-9,11-12,30H,13H2,1-3H3,(H2,25,27);1-4H. The number of carbonyl (C=O) groups excluding carboxylic acids is 1. The topological polar surface area (TPSA) is 374 Å². The van der Waals surface area contributed by atoms with Crippen LogP contribution in [0.2, 0.25) is 0 Å². The number of pyridine rings is 3. The maximum Gasteiger partial charge on any atom is 0.279 e. The third-order valence-electron chi connectivity index (χ3n) is 18.8. The summed E-state index contributed by atoms with van der Waals surface area (Å²) in [6.45, 7) is 17.9. The molecular formula is C86H80BrN19O7. The van der Waals surface area contributed by atoms with Crippen molar-refractivity contribution in [3.05, 3.63) is 328 Å². The Morgan fingerprint density at radius 1 is 0.442 bits per heavy atom. The van der Waals surface area contributed by atoms with Crippen molar-refractivity contribution in [3.8, 4) is 46.3 Å². The quantitative estimate of drug-likeness (QED) is 0.0631. The number of anilines is 1. The van der Waals surface area contributed by atoms with Crippen molar-refractivity contribution in [2.75, 3.05) is 5.73 Å². The van der Waals surface area contributed by atoms with Crippen molar-refractivity contribution in [2.24, 2.45) is 5.73 Å². The Morgan fingerprint density at radius 2 is 0.796 bits per heavy atom. The molecule has 113 heavy (non-hydrogen) atoms. The van der Waals surface area contributed by atoms with Gasteiger partial charge in [0, 0.05) is 88.1 Å². The van der Waals surface area contributed by atoms with Crippen LogP contribution >= 0.6 is 15.9 Å². The van der Waals surface area contributed by atoms with Gasteiger partial charge in [-0.15, -0.1) is 5.10 Å². The van der Waals surface area contributed by atoms with Crippen molar-refractivity contribution in [2.45, 2.75) is 111 Å². The van der Waals surface area contributed by atoms with Crippen LogP contribution in [0.3, 0.4) is 0 Å². The molecule has 568 valence electrons. The Kier molecular flexibility index (Phi) is 23.3. The van der Waals surface area contributed by atoms with E-state index in [0.717, 1.165) is 48.8 Å². The lowest BCUT2D eigenvalue weighted by atomic mass is 9.86. The highest BCUT2D eigenvalue weighted by molar-refractivity contribution is 9.10. The molecule has 6 aromatic carbocycles. The van der Waals surface area contributed by atoms with Crippen LogP contribution in [0.15, 0.2) is 239 Å². The number of aliphatic hydroxyl groups excluding tert-OH is 3. The third-order valence-corrected chi connectivity index (χ3v) is 19.3. The van der Waals surface area contributed by atoms with E-state index in [1.165, 1.54) is 35.8 Å². The van der Waals surface area contributed by atoms with Gasteiger partial charge in [0.05, 0.1) is 117 Å². The van der Waals surface area contributed by atoms with Crippen LogP contribution in [0.5, 0.6) is 0 Å². The fraction of sp³-hybridized carbons (Fsp3) is 0.198. The summed E-state index contributed by atoms with van der Waals surface area (Å²) in [5, 5.41) is 80.2. The molecule has 15 rings (SSSR count). The van der Waals surface area contributed by atoms with Gasteiger partial charge < -0.3 is 26.8 Å². The van der Waals surface area contributed by atoms with E-state index in [-0.39, 0.29) is 69.7 Å². The van der Waals surface area contributed by atoms with E-state index in [1.54, 1.807) is 103 Å². The summed E-state index contributed by atoms with van der Waals surface area (Å²) in [6, 6.07) is 53.9. The van der Waals surface area contributed by atoms with Crippen molar-refractivity contribution in [3.63, 3.8) is 0 Å². The molecule has 27 heteroatoms. The molecule has 0 aliphatic carbocycles. The zero-order valence-electron chi connectivity index (χ0n) is 63.4. The summed E-state index contributed by atoms with van der Waals surface area (Å²) < 4.78 is 9.22. The van der Waals surface area contributed by atoms with Crippen molar-refractivity contribution < 1.29 is 20.1 Å². The number of amides is 1. The number of hydrogen-bond donors (Lipinski definition) is 5. The molecule has 0 aliphatic heterocycles. The van der Waals surface area contributed by atoms with E-state index in [4.69, 9.17) is 16.7 Å². The predicted octanol–water partition coefficient (Wildman–Crippen LogP) is 12.3. The second-order valence-corrected chi connectivity index (χ2v) is 30.3. The molecule has 0 saturated carbocycles. The fourth-order valence-electron chi connectivity index (χ4n) is 12.7. The molecule has 15 aromatic rings. The van der Waals surface area contributed by atoms with Gasteiger partial charge in [-0.25, -0.2) is 19.0 Å². The Labute approximate surface area is 657 Å². The van der Waals surface area contributed by atoms with Crippen LogP contribution in [0.4, 0.5) is 5.82 Å². The third kappa shape index (κ3) is 17.2. The van der Waals surface area contributed by atoms with Crippen LogP contribution in [-0.2, 0) is 48.9 Å². The zero-order valence-corrected chi connectivity index (χ0v) is 65.0. The number of nitrogens with two attached hydrogens (primary N) is 2. The van der Waals surface area contributed by atoms with Gasteiger partial charge in [0.2, 0.25) is 0 Å². The van der Waals surface area contributed by atoms with Gasteiger partial charge in [-0.2, -0.15) is 50.1 Å². The first-order valence-electron chi connectivity index (χ1n) is 35.9. The summed E-state index contributed by atoms with van der Waals surface area (Å²) in [4.78, 5) is 64.9. The van der Waals surface area contributed by atoms with E-state index in [2.05, 4.69) is 130 Å². The number of aromatic nitrogens is 15. The van der Waals surface area contributed by atoms with Crippen LogP contribution in [-0.4, -0.2) is 94.9 Å². The van der Waals surface area contributed by atoms with Gasteiger partial charge in [-0.05, 0) is 158 Å². The zero-order chi connectivity index (χ0) is 80.6. The second-order valence-electron chi connectivity index (χ2n) is 29.5. The first-order chi connectivity index (χ1) is 54.1. The van der Waals surface area contributed by atoms with E-state index in [0.29, 0.717) is 96.8 Å². The summed E-state index contributed by atoms with van der Waals surface area (Å²) in [5.74, 6) is -0.529. The lowest BCUT2D eigenvalue weighted by molar-refractivity contribution is 0.0999. The number of nitrogen functional groups attached to an aromatic ring is 1. The Bertz CT molecular complexity index is 6340. The molecule has 0 bridgehead atoms. The van der Waals surface area contributed by atoms with Crippen LogP contribution < -0.4 is 28.1 Å². The smallest absolute Gasteiger partial charge is 0.279 e. The largest absolute Gasteiger partial charge is 0.392 e. The number of nitrogens with zero attached hydrogens (tertiary/aromatic N) is 17. The minimum Gasteiger partial charge on any atom is -0.392 e. The Balaban J connectivity index is 0.000000151. The molecule has 0 fully saturated rings. The highest BCUT2D eigenvalue weighted by Gasteiger charge is 2.25. The number of hydrogen-bond acceptors (Lipinski definition) is 19. The van der Waals surface area contributed by atoms with Gasteiger partial charge in [-0.1, -0.05) is 117 Å². The number of halogens is 1. The van der Waals surface area contributed by atoms with E-state index < -0.39 is 5.91 Å². The first kappa shape index (κ1) is 79.0. The predicted molar refractivity (Wildman–Crippen MR) is 436 cm³/mol. The van der Waals surface area contributed by atoms with E-state index >= 15 is 0 Å². The average Bonchev–Trinajstić information content (AvgIpc) is 1.06. The van der Waals surface area contributed by atoms with Gasteiger partial charge in [0.15, 0.2) is 5.82 Å². The molecule has 9 heterocycles. The molecule has 0 unspecified atom stereocenters. The van der Waals surface area contributed by atoms with Crippen LogP contribution in [0.1, 0.15) is 140 Å². The molecule has 1 amide bonds. The van der Waals surface area contributed by atoms with Gasteiger partial charge in [0.25, 0.3) is 22.6 Å². The maximum atomic E-state index is 13.5. The lowest BCUT2D eigenvalue weighted by Gasteiger charge is -2.19. The monoisotopic (exact) mass is 1570 g/mol. The minimum absolute atomic E-state index is 0.0463.